The molecule has 130 valence electrons. The maximum absolute atomic E-state index is 12.7. The highest BCUT2D eigenvalue weighted by molar-refractivity contribution is 5.95. The number of methoxy groups -OCH3 is 1. The van der Waals surface area contributed by atoms with Gasteiger partial charge in [-0.15, -0.1) is 12.4 Å². The van der Waals surface area contributed by atoms with E-state index in [0.717, 1.165) is 31.8 Å². The van der Waals surface area contributed by atoms with E-state index in [2.05, 4.69) is 41.4 Å². The molecule has 0 aliphatic carbocycles. The second kappa shape index (κ2) is 8.04. The van der Waals surface area contributed by atoms with Gasteiger partial charge in [0.05, 0.1) is 30.1 Å². The molecule has 1 aromatic heterocycles. The third-order valence-electron chi connectivity index (χ3n) is 4.04. The van der Waals surface area contributed by atoms with E-state index in [1.54, 1.807) is 19.5 Å². The number of aromatic nitrogens is 2. The predicted octanol–water partition coefficient (Wildman–Crippen LogP) is 2.15. The molecule has 2 rings (SSSR count). The molecule has 0 unspecified atom stereocenters. The maximum atomic E-state index is 12.7. The fourth-order valence-corrected chi connectivity index (χ4v) is 2.66. The fraction of sp³-hybridized carbons (Fsp3) is 0.688. The van der Waals surface area contributed by atoms with Gasteiger partial charge in [0, 0.05) is 12.5 Å². The van der Waals surface area contributed by atoms with Crippen molar-refractivity contribution in [3.8, 4) is 0 Å². The Hall–Kier alpha value is -1.24. The highest BCUT2D eigenvalue weighted by atomic mass is 35.5. The average molecular weight is 343 g/mol. The first-order chi connectivity index (χ1) is 10.4. The zero-order valence-corrected chi connectivity index (χ0v) is 15.1. The molecule has 1 amide bonds. The van der Waals surface area contributed by atoms with Gasteiger partial charge in [0.1, 0.15) is 5.82 Å². The lowest BCUT2D eigenvalue weighted by Gasteiger charge is -2.35. The molecule has 7 heteroatoms. The van der Waals surface area contributed by atoms with Crippen LogP contribution >= 0.6 is 12.4 Å². The summed E-state index contributed by atoms with van der Waals surface area (Å²) < 4.78 is 5.29. The van der Waals surface area contributed by atoms with Gasteiger partial charge in [-0.05, 0) is 25.9 Å². The molecule has 23 heavy (non-hydrogen) atoms. The maximum Gasteiger partial charge on any atom is 0.233 e. The van der Waals surface area contributed by atoms with Gasteiger partial charge in [0.25, 0.3) is 0 Å². The Balaban J connectivity index is 0.00000264. The van der Waals surface area contributed by atoms with Crippen LogP contribution in [-0.4, -0.2) is 42.7 Å². The van der Waals surface area contributed by atoms with E-state index in [0.29, 0.717) is 12.3 Å². The summed E-state index contributed by atoms with van der Waals surface area (Å²) >= 11 is 0. The summed E-state index contributed by atoms with van der Waals surface area (Å²) in [5.41, 5.74) is 0.0596. The van der Waals surface area contributed by atoms with E-state index in [-0.39, 0.29) is 23.7 Å². The Morgan fingerprint density at radius 3 is 2.35 bits per heavy atom. The summed E-state index contributed by atoms with van der Waals surface area (Å²) in [6.07, 6.45) is 4.89. The minimum atomic E-state index is -0.470. The van der Waals surface area contributed by atoms with Crippen molar-refractivity contribution in [1.82, 2.24) is 15.3 Å². The Morgan fingerprint density at radius 1 is 1.30 bits per heavy atom. The van der Waals surface area contributed by atoms with Crippen LogP contribution in [0.2, 0.25) is 0 Å². The fourth-order valence-electron chi connectivity index (χ4n) is 2.66. The van der Waals surface area contributed by atoms with Crippen LogP contribution in [0.15, 0.2) is 12.4 Å². The number of anilines is 1. The van der Waals surface area contributed by atoms with Crippen LogP contribution in [-0.2, 0) is 14.9 Å². The molecule has 0 spiro atoms. The number of nitrogens with one attached hydrogen (secondary N) is 2. The quantitative estimate of drug-likeness (QED) is 0.876. The lowest BCUT2D eigenvalue weighted by Crippen LogP contribution is -2.47. The van der Waals surface area contributed by atoms with Crippen molar-refractivity contribution < 1.29 is 9.53 Å². The third kappa shape index (κ3) is 4.86. The number of amides is 1. The summed E-state index contributed by atoms with van der Waals surface area (Å²) in [6.45, 7) is 8.27. The zero-order valence-electron chi connectivity index (χ0n) is 14.3. The van der Waals surface area contributed by atoms with Crippen LogP contribution in [0, 0.1) is 5.41 Å². The van der Waals surface area contributed by atoms with E-state index >= 15 is 0 Å². The summed E-state index contributed by atoms with van der Waals surface area (Å²) in [7, 11) is 1.64. The number of piperidine rings is 1. The first-order valence-corrected chi connectivity index (χ1v) is 7.71. The molecule has 1 aliphatic heterocycles. The summed E-state index contributed by atoms with van der Waals surface area (Å²) in [6, 6.07) is 0. The normalized spacial score (nSPS) is 17.2. The third-order valence-corrected chi connectivity index (χ3v) is 4.04. The van der Waals surface area contributed by atoms with Crippen molar-refractivity contribution in [3.05, 3.63) is 18.2 Å². The number of halogens is 1. The van der Waals surface area contributed by atoms with Crippen molar-refractivity contribution in [2.75, 3.05) is 32.1 Å². The van der Waals surface area contributed by atoms with Gasteiger partial charge in [-0.1, -0.05) is 20.8 Å². The van der Waals surface area contributed by atoms with E-state index in [9.17, 15) is 4.79 Å². The lowest BCUT2D eigenvalue weighted by molar-refractivity contribution is -0.130. The first kappa shape index (κ1) is 19.8. The molecule has 1 aromatic rings. The average Bonchev–Trinajstić information content (AvgIpc) is 2.48. The van der Waals surface area contributed by atoms with Gasteiger partial charge >= 0.3 is 0 Å². The molecule has 0 aromatic carbocycles. The van der Waals surface area contributed by atoms with Crippen molar-refractivity contribution in [1.29, 1.82) is 0 Å². The molecule has 2 heterocycles. The second-order valence-electron chi connectivity index (χ2n) is 6.96. The monoisotopic (exact) mass is 342 g/mol. The van der Waals surface area contributed by atoms with Gasteiger partial charge < -0.3 is 15.4 Å². The SMILES string of the molecule is COCC1(C(=O)Nc2cnc(C(C)(C)C)nc2)CCNCC1.Cl. The largest absolute Gasteiger partial charge is 0.384 e. The molecule has 0 atom stereocenters. The van der Waals surface area contributed by atoms with Gasteiger partial charge in [-0.25, -0.2) is 9.97 Å². The number of rotatable bonds is 4. The number of ether oxygens (including phenoxy) is 1. The first-order valence-electron chi connectivity index (χ1n) is 7.71. The van der Waals surface area contributed by atoms with E-state index in [1.165, 1.54) is 0 Å². The molecule has 0 radical (unpaired) electrons. The molecule has 1 fully saturated rings. The van der Waals surface area contributed by atoms with Crippen LogP contribution in [0.3, 0.4) is 0 Å². The van der Waals surface area contributed by atoms with Crippen molar-refractivity contribution >= 4 is 24.0 Å². The van der Waals surface area contributed by atoms with Crippen LogP contribution < -0.4 is 10.6 Å². The van der Waals surface area contributed by atoms with E-state index in [1.807, 2.05) is 0 Å². The molecule has 1 saturated heterocycles. The number of hydrogen-bond donors (Lipinski definition) is 2. The summed E-state index contributed by atoms with van der Waals surface area (Å²) in [4.78, 5) is 21.4. The molecule has 2 N–H and O–H groups in total. The van der Waals surface area contributed by atoms with Crippen molar-refractivity contribution in [2.45, 2.75) is 39.0 Å². The molecule has 0 saturated carbocycles. The Kier molecular flexibility index (Phi) is 6.92. The highest BCUT2D eigenvalue weighted by Gasteiger charge is 2.39. The van der Waals surface area contributed by atoms with Gasteiger partial charge in [-0.3, -0.25) is 4.79 Å². The topological polar surface area (TPSA) is 76.1 Å². The summed E-state index contributed by atoms with van der Waals surface area (Å²) in [5.74, 6) is 0.752. The lowest BCUT2D eigenvalue weighted by atomic mass is 9.78. The van der Waals surface area contributed by atoms with Crippen molar-refractivity contribution in [3.63, 3.8) is 0 Å². The van der Waals surface area contributed by atoms with Crippen LogP contribution in [0.5, 0.6) is 0 Å². The van der Waals surface area contributed by atoms with Gasteiger partial charge in [0.15, 0.2) is 0 Å². The number of hydrogen-bond acceptors (Lipinski definition) is 5. The van der Waals surface area contributed by atoms with Crippen LogP contribution in [0.4, 0.5) is 5.69 Å². The molecular weight excluding hydrogens is 316 g/mol. The van der Waals surface area contributed by atoms with Gasteiger partial charge in [-0.2, -0.15) is 0 Å². The smallest absolute Gasteiger partial charge is 0.233 e. The molecule has 6 nitrogen and oxygen atoms in total. The standard InChI is InChI=1S/C16H26N4O2.ClH/c1-15(2,3)13-18-9-12(10-19-13)20-14(21)16(11-22-4)5-7-17-8-6-16;/h9-10,17H,5-8,11H2,1-4H3,(H,20,21);1H. The van der Waals surface area contributed by atoms with Crippen molar-refractivity contribution in [2.24, 2.45) is 5.41 Å². The number of carbonyl (C=O) groups is 1. The Labute approximate surface area is 144 Å². The van der Waals surface area contributed by atoms with Crippen LogP contribution in [0.1, 0.15) is 39.4 Å². The Bertz CT molecular complexity index is 502. The van der Waals surface area contributed by atoms with E-state index in [4.69, 9.17) is 4.74 Å². The zero-order chi connectivity index (χ0) is 16.2. The Morgan fingerprint density at radius 2 is 1.87 bits per heavy atom. The molecular formula is C16H27ClN4O2. The summed E-state index contributed by atoms with van der Waals surface area (Å²) in [5, 5.41) is 6.22. The van der Waals surface area contributed by atoms with E-state index < -0.39 is 5.41 Å². The predicted molar refractivity (Wildman–Crippen MR) is 93.0 cm³/mol. The minimum Gasteiger partial charge on any atom is -0.384 e. The second-order valence-corrected chi connectivity index (χ2v) is 6.96. The number of nitrogens with zero attached hydrogens (tertiary/aromatic N) is 2. The molecule has 0 bridgehead atoms. The van der Waals surface area contributed by atoms with Crippen LogP contribution in [0.25, 0.3) is 0 Å². The molecule has 1 aliphatic rings. The minimum absolute atomic E-state index is 0. The highest BCUT2D eigenvalue weighted by Crippen LogP contribution is 2.30. The number of carbonyl (C=O) groups excluding carboxylic acids is 1. The van der Waals surface area contributed by atoms with Gasteiger partial charge in [0.2, 0.25) is 5.91 Å².